The van der Waals surface area contributed by atoms with Crippen molar-refractivity contribution in [2.75, 3.05) is 13.6 Å². The third-order valence-electron chi connectivity index (χ3n) is 4.03. The van der Waals surface area contributed by atoms with Crippen LogP contribution in [0, 0.1) is 0 Å². The molecule has 0 heterocycles. The molecule has 1 aliphatic rings. The molecule has 1 aromatic rings. The minimum atomic E-state index is -1.82. The number of carboxylic acids is 2. The zero-order chi connectivity index (χ0) is 17.2. The molecule has 0 amide bonds. The van der Waals surface area contributed by atoms with Gasteiger partial charge in [-0.3, -0.25) is 0 Å². The van der Waals surface area contributed by atoms with E-state index in [1.807, 2.05) is 30.3 Å². The highest BCUT2D eigenvalue weighted by Crippen LogP contribution is 2.23. The molecule has 6 heteroatoms. The van der Waals surface area contributed by atoms with Crippen LogP contribution in [0.2, 0.25) is 0 Å². The Morgan fingerprint density at radius 1 is 1.09 bits per heavy atom. The van der Waals surface area contributed by atoms with E-state index < -0.39 is 11.9 Å². The van der Waals surface area contributed by atoms with Gasteiger partial charge in [0.1, 0.15) is 0 Å². The number of carbonyl (C=O) groups is 2. The van der Waals surface area contributed by atoms with Crippen molar-refractivity contribution in [2.24, 2.45) is 0 Å². The third kappa shape index (κ3) is 7.25. The van der Waals surface area contributed by atoms with Gasteiger partial charge in [-0.15, -0.1) is 0 Å². The Bertz CT molecular complexity index is 473. The van der Waals surface area contributed by atoms with E-state index in [0.29, 0.717) is 6.04 Å². The summed E-state index contributed by atoms with van der Waals surface area (Å²) in [6.45, 7) is 0.745. The molecule has 1 aliphatic carbocycles. The summed E-state index contributed by atoms with van der Waals surface area (Å²) in [6.07, 6.45) is 6.29. The van der Waals surface area contributed by atoms with Gasteiger partial charge in [-0.05, 0) is 25.5 Å². The summed E-state index contributed by atoms with van der Waals surface area (Å²) in [6, 6.07) is 10.6. The zero-order valence-corrected chi connectivity index (χ0v) is 13.4. The second-order valence-corrected chi connectivity index (χ2v) is 5.77. The highest BCUT2D eigenvalue weighted by atomic mass is 16.4. The van der Waals surface area contributed by atoms with E-state index in [1.165, 1.54) is 32.1 Å². The van der Waals surface area contributed by atoms with Gasteiger partial charge >= 0.3 is 11.9 Å². The van der Waals surface area contributed by atoms with E-state index in [2.05, 4.69) is 11.9 Å². The van der Waals surface area contributed by atoms with Crippen LogP contribution in [0.1, 0.15) is 43.8 Å². The lowest BCUT2D eigenvalue weighted by molar-refractivity contribution is -0.159. The second kappa shape index (κ2) is 9.97. The highest BCUT2D eigenvalue weighted by molar-refractivity contribution is 6.27. The average Bonchev–Trinajstić information content (AvgIpc) is 2.57. The van der Waals surface area contributed by atoms with Crippen LogP contribution in [-0.4, -0.2) is 51.8 Å². The minimum absolute atomic E-state index is 0.358. The molecule has 23 heavy (non-hydrogen) atoms. The number of likely N-dealkylation sites (N-methyl/N-ethyl adjacent to an activating group) is 1. The molecule has 0 spiro atoms. The normalized spacial score (nSPS) is 16.3. The first-order valence-electron chi connectivity index (χ1n) is 7.81. The van der Waals surface area contributed by atoms with E-state index in [0.717, 1.165) is 12.1 Å². The molecule has 0 bridgehead atoms. The third-order valence-corrected chi connectivity index (χ3v) is 4.03. The number of benzene rings is 1. The van der Waals surface area contributed by atoms with Crippen molar-refractivity contribution in [2.45, 2.75) is 44.2 Å². The second-order valence-electron chi connectivity index (χ2n) is 5.77. The molecular formula is C17H25NO5. The van der Waals surface area contributed by atoms with E-state index in [-0.39, 0.29) is 6.10 Å². The Balaban J connectivity index is 0.000000379. The Kier molecular flexibility index (Phi) is 8.29. The molecule has 128 valence electrons. The molecule has 0 radical (unpaired) electrons. The van der Waals surface area contributed by atoms with Crippen LogP contribution in [0.25, 0.3) is 0 Å². The smallest absolute Gasteiger partial charge is 0.414 e. The lowest BCUT2D eigenvalue weighted by Gasteiger charge is -2.32. The van der Waals surface area contributed by atoms with Crippen LogP contribution in [0.5, 0.6) is 0 Å². The maximum atomic E-state index is 10.2. The van der Waals surface area contributed by atoms with Crippen LogP contribution in [0.15, 0.2) is 30.3 Å². The van der Waals surface area contributed by atoms with Gasteiger partial charge in [-0.2, -0.15) is 0 Å². The van der Waals surface area contributed by atoms with Crippen LogP contribution >= 0.6 is 0 Å². The fourth-order valence-corrected chi connectivity index (χ4v) is 2.72. The van der Waals surface area contributed by atoms with Gasteiger partial charge < -0.3 is 20.2 Å². The van der Waals surface area contributed by atoms with E-state index in [4.69, 9.17) is 19.8 Å². The molecule has 2 rings (SSSR count). The number of aliphatic hydroxyl groups is 1. The van der Waals surface area contributed by atoms with Crippen molar-refractivity contribution in [3.63, 3.8) is 0 Å². The first kappa shape index (κ1) is 19.1. The summed E-state index contributed by atoms with van der Waals surface area (Å²) < 4.78 is 0. The first-order valence-corrected chi connectivity index (χ1v) is 7.81. The monoisotopic (exact) mass is 323 g/mol. The van der Waals surface area contributed by atoms with Gasteiger partial charge in [-0.1, -0.05) is 49.6 Å². The maximum Gasteiger partial charge on any atom is 0.414 e. The molecular weight excluding hydrogens is 298 g/mol. The topological polar surface area (TPSA) is 98.1 Å². The molecule has 0 aliphatic heterocycles. The van der Waals surface area contributed by atoms with Gasteiger partial charge in [-0.25, -0.2) is 9.59 Å². The van der Waals surface area contributed by atoms with Crippen molar-refractivity contribution in [3.8, 4) is 0 Å². The molecule has 0 aromatic heterocycles. The molecule has 3 N–H and O–H groups in total. The Labute approximate surface area is 136 Å². The van der Waals surface area contributed by atoms with E-state index in [1.54, 1.807) is 0 Å². The van der Waals surface area contributed by atoms with Gasteiger partial charge in [0.15, 0.2) is 0 Å². The van der Waals surface area contributed by atoms with Crippen molar-refractivity contribution in [1.29, 1.82) is 0 Å². The van der Waals surface area contributed by atoms with E-state index in [9.17, 15) is 5.11 Å². The Hall–Kier alpha value is -1.92. The van der Waals surface area contributed by atoms with Crippen molar-refractivity contribution in [1.82, 2.24) is 4.90 Å². The highest BCUT2D eigenvalue weighted by Gasteiger charge is 2.20. The first-order chi connectivity index (χ1) is 10.9. The summed E-state index contributed by atoms with van der Waals surface area (Å²) in [4.78, 5) is 20.5. The molecule has 1 aromatic carbocycles. The van der Waals surface area contributed by atoms with Gasteiger partial charge in [0.05, 0.1) is 6.10 Å². The quantitative estimate of drug-likeness (QED) is 0.734. The number of aliphatic hydroxyl groups excluding tert-OH is 1. The Morgan fingerprint density at radius 3 is 2.09 bits per heavy atom. The van der Waals surface area contributed by atoms with Crippen molar-refractivity contribution >= 4 is 11.9 Å². The number of rotatable bonds is 4. The van der Waals surface area contributed by atoms with Crippen LogP contribution in [-0.2, 0) is 9.59 Å². The average molecular weight is 323 g/mol. The molecule has 0 saturated heterocycles. The number of aliphatic carboxylic acids is 2. The predicted molar refractivity (Wildman–Crippen MR) is 86.2 cm³/mol. The van der Waals surface area contributed by atoms with Gasteiger partial charge in [0, 0.05) is 12.6 Å². The predicted octanol–water partition coefficient (Wildman–Crippen LogP) is 2.14. The largest absolute Gasteiger partial charge is 0.473 e. The van der Waals surface area contributed by atoms with Crippen LogP contribution in [0.4, 0.5) is 0 Å². The summed E-state index contributed by atoms with van der Waals surface area (Å²) in [7, 11) is 2.14. The molecule has 1 saturated carbocycles. The molecule has 1 unspecified atom stereocenters. The molecule has 6 nitrogen and oxygen atoms in total. The Morgan fingerprint density at radius 2 is 1.61 bits per heavy atom. The summed E-state index contributed by atoms with van der Waals surface area (Å²) in [5.74, 6) is -3.65. The summed E-state index contributed by atoms with van der Waals surface area (Å²) >= 11 is 0. The van der Waals surface area contributed by atoms with E-state index >= 15 is 0 Å². The van der Waals surface area contributed by atoms with Gasteiger partial charge in [0.2, 0.25) is 0 Å². The maximum absolute atomic E-state index is 10.2. The summed E-state index contributed by atoms with van der Waals surface area (Å²) in [5.41, 5.74) is 1.02. The fourth-order valence-electron chi connectivity index (χ4n) is 2.72. The standard InChI is InChI=1S/C15H23NO.C2H2O4/c1-16(14-10-6-3-7-11-14)12-15(17)13-8-4-2-5-9-13;3-1(4)2(5)6/h2,4-5,8-9,14-15,17H,3,6-7,10-12H2,1H3;(H,3,4)(H,5,6). The summed E-state index contributed by atoms with van der Waals surface area (Å²) in [5, 5.41) is 25.0. The fraction of sp³-hybridized carbons (Fsp3) is 0.529. The van der Waals surface area contributed by atoms with Crippen LogP contribution in [0.3, 0.4) is 0 Å². The zero-order valence-electron chi connectivity index (χ0n) is 13.4. The molecule has 1 atom stereocenters. The van der Waals surface area contributed by atoms with Crippen molar-refractivity contribution < 1.29 is 24.9 Å². The number of nitrogens with zero attached hydrogens (tertiary/aromatic N) is 1. The number of carboxylic acid groups (broad SMARTS) is 2. The lowest BCUT2D eigenvalue weighted by Crippen LogP contribution is -2.36. The number of hydrogen-bond acceptors (Lipinski definition) is 4. The lowest BCUT2D eigenvalue weighted by atomic mass is 9.94. The minimum Gasteiger partial charge on any atom is -0.473 e. The van der Waals surface area contributed by atoms with Crippen LogP contribution < -0.4 is 0 Å². The molecule has 1 fully saturated rings. The number of hydrogen-bond donors (Lipinski definition) is 3. The van der Waals surface area contributed by atoms with Gasteiger partial charge in [0.25, 0.3) is 0 Å². The van der Waals surface area contributed by atoms with Crippen molar-refractivity contribution in [3.05, 3.63) is 35.9 Å². The SMILES string of the molecule is CN(CC(O)c1ccccc1)C1CCCCC1.O=C(O)C(=O)O.